The van der Waals surface area contributed by atoms with Gasteiger partial charge in [0.2, 0.25) is 0 Å². The van der Waals surface area contributed by atoms with Crippen molar-refractivity contribution in [2.24, 2.45) is 0 Å². The molecule has 2 heterocycles. The van der Waals surface area contributed by atoms with Crippen LogP contribution in [-0.4, -0.2) is 36.1 Å². The van der Waals surface area contributed by atoms with E-state index in [1.54, 1.807) is 0 Å². The van der Waals surface area contributed by atoms with E-state index >= 15 is 0 Å². The van der Waals surface area contributed by atoms with Gasteiger partial charge in [0.05, 0.1) is 6.04 Å². The van der Waals surface area contributed by atoms with Crippen LogP contribution in [0.25, 0.3) is 0 Å². The molecular formula is C17H20BrN3. The lowest BCUT2D eigenvalue weighted by molar-refractivity contribution is 0.198. The van der Waals surface area contributed by atoms with E-state index in [-0.39, 0.29) is 0 Å². The minimum atomic E-state index is 0.309. The number of aromatic nitrogens is 1. The van der Waals surface area contributed by atoms with Crippen LogP contribution in [-0.2, 0) is 0 Å². The lowest BCUT2D eigenvalue weighted by atomic mass is 9.94. The third-order valence-corrected chi connectivity index (χ3v) is 4.59. The standard InChI is InChI=1S/C17H20BrN3/c1-13-12-20-7-6-16(13)17(21-10-8-19-9-11-21)14-2-4-15(18)5-3-14/h2-7,12,17,19H,8-11H2,1H3. The Labute approximate surface area is 134 Å². The van der Waals surface area contributed by atoms with Crippen molar-refractivity contribution in [2.45, 2.75) is 13.0 Å². The highest BCUT2D eigenvalue weighted by Crippen LogP contribution is 2.31. The fourth-order valence-corrected chi connectivity index (χ4v) is 3.23. The lowest BCUT2D eigenvalue weighted by Gasteiger charge is -2.36. The second kappa shape index (κ2) is 6.69. The largest absolute Gasteiger partial charge is 0.314 e. The van der Waals surface area contributed by atoms with E-state index in [4.69, 9.17) is 0 Å². The fraction of sp³-hybridized carbons (Fsp3) is 0.353. The molecule has 2 aromatic rings. The highest BCUT2D eigenvalue weighted by molar-refractivity contribution is 9.10. The normalized spacial score (nSPS) is 17.6. The van der Waals surface area contributed by atoms with Crippen LogP contribution >= 0.6 is 15.9 Å². The first-order chi connectivity index (χ1) is 10.3. The Hall–Kier alpha value is -1.23. The molecule has 0 spiro atoms. The molecule has 1 aromatic carbocycles. The van der Waals surface area contributed by atoms with Crippen molar-refractivity contribution >= 4 is 15.9 Å². The van der Waals surface area contributed by atoms with Gasteiger partial charge in [-0.15, -0.1) is 0 Å². The Morgan fingerprint density at radius 2 is 1.86 bits per heavy atom. The van der Waals surface area contributed by atoms with Crippen LogP contribution in [0, 0.1) is 6.92 Å². The summed E-state index contributed by atoms with van der Waals surface area (Å²) in [5.41, 5.74) is 3.95. The second-order valence-electron chi connectivity index (χ2n) is 5.47. The van der Waals surface area contributed by atoms with Gasteiger partial charge in [-0.2, -0.15) is 0 Å². The Bertz CT molecular complexity index is 591. The molecule has 110 valence electrons. The van der Waals surface area contributed by atoms with Gasteiger partial charge in [-0.05, 0) is 41.8 Å². The zero-order valence-electron chi connectivity index (χ0n) is 12.2. The molecule has 3 rings (SSSR count). The molecule has 1 atom stereocenters. The van der Waals surface area contributed by atoms with E-state index in [2.05, 4.69) is 68.4 Å². The van der Waals surface area contributed by atoms with Crippen LogP contribution in [0.5, 0.6) is 0 Å². The number of hydrogen-bond donors (Lipinski definition) is 1. The fourth-order valence-electron chi connectivity index (χ4n) is 2.96. The molecule has 1 unspecified atom stereocenters. The number of pyridine rings is 1. The predicted molar refractivity (Wildman–Crippen MR) is 89.4 cm³/mol. The van der Waals surface area contributed by atoms with Crippen molar-refractivity contribution in [3.05, 3.63) is 63.9 Å². The predicted octanol–water partition coefficient (Wildman–Crippen LogP) is 3.15. The number of hydrogen-bond acceptors (Lipinski definition) is 3. The molecule has 1 saturated heterocycles. The number of aryl methyl sites for hydroxylation is 1. The summed E-state index contributed by atoms with van der Waals surface area (Å²) in [6, 6.07) is 11.2. The van der Waals surface area contributed by atoms with E-state index in [1.165, 1.54) is 16.7 Å². The summed E-state index contributed by atoms with van der Waals surface area (Å²) in [5, 5.41) is 3.43. The summed E-state index contributed by atoms with van der Waals surface area (Å²) in [7, 11) is 0. The van der Waals surface area contributed by atoms with E-state index in [0.717, 1.165) is 30.7 Å². The van der Waals surface area contributed by atoms with E-state index in [0.29, 0.717) is 6.04 Å². The van der Waals surface area contributed by atoms with E-state index in [1.807, 2.05) is 12.4 Å². The van der Waals surface area contributed by atoms with Gasteiger partial charge < -0.3 is 5.32 Å². The summed E-state index contributed by atoms with van der Waals surface area (Å²) < 4.78 is 1.12. The van der Waals surface area contributed by atoms with Crippen LogP contribution in [0.1, 0.15) is 22.7 Å². The topological polar surface area (TPSA) is 28.2 Å². The molecule has 3 nitrogen and oxygen atoms in total. The number of halogens is 1. The molecule has 21 heavy (non-hydrogen) atoms. The zero-order valence-corrected chi connectivity index (χ0v) is 13.8. The van der Waals surface area contributed by atoms with Crippen LogP contribution in [0.4, 0.5) is 0 Å². The Morgan fingerprint density at radius 1 is 1.14 bits per heavy atom. The highest BCUT2D eigenvalue weighted by Gasteiger charge is 2.24. The van der Waals surface area contributed by atoms with E-state index in [9.17, 15) is 0 Å². The lowest BCUT2D eigenvalue weighted by Crippen LogP contribution is -2.45. The third-order valence-electron chi connectivity index (χ3n) is 4.06. The number of benzene rings is 1. The first-order valence-electron chi connectivity index (χ1n) is 7.36. The van der Waals surface area contributed by atoms with Crippen LogP contribution in [0.15, 0.2) is 47.2 Å². The SMILES string of the molecule is Cc1cnccc1C(c1ccc(Br)cc1)N1CCNCC1. The van der Waals surface area contributed by atoms with E-state index < -0.39 is 0 Å². The minimum absolute atomic E-state index is 0.309. The molecule has 1 aliphatic heterocycles. The van der Waals surface area contributed by atoms with Crippen LogP contribution < -0.4 is 5.32 Å². The molecule has 1 N–H and O–H groups in total. The quantitative estimate of drug-likeness (QED) is 0.926. The second-order valence-corrected chi connectivity index (χ2v) is 6.39. The van der Waals surface area contributed by atoms with Crippen molar-refractivity contribution in [2.75, 3.05) is 26.2 Å². The average molecular weight is 346 g/mol. The smallest absolute Gasteiger partial charge is 0.0606 e. The van der Waals surface area contributed by atoms with Crippen LogP contribution in [0.3, 0.4) is 0 Å². The maximum Gasteiger partial charge on any atom is 0.0606 e. The molecule has 0 aliphatic carbocycles. The third kappa shape index (κ3) is 3.34. The van der Waals surface area contributed by atoms with Crippen molar-refractivity contribution in [3.8, 4) is 0 Å². The Morgan fingerprint density at radius 3 is 2.52 bits per heavy atom. The molecule has 4 heteroatoms. The monoisotopic (exact) mass is 345 g/mol. The summed E-state index contributed by atoms with van der Waals surface area (Å²) in [4.78, 5) is 6.80. The number of nitrogens with one attached hydrogen (secondary N) is 1. The summed E-state index contributed by atoms with van der Waals surface area (Å²) in [6.45, 7) is 6.40. The molecule has 0 bridgehead atoms. The van der Waals surface area contributed by atoms with Crippen molar-refractivity contribution < 1.29 is 0 Å². The number of piperazine rings is 1. The van der Waals surface area contributed by atoms with Gasteiger partial charge in [-0.25, -0.2) is 0 Å². The summed E-state index contributed by atoms with van der Waals surface area (Å²) >= 11 is 3.53. The van der Waals surface area contributed by atoms with Gasteiger partial charge in [-0.3, -0.25) is 9.88 Å². The average Bonchev–Trinajstić information content (AvgIpc) is 2.52. The van der Waals surface area contributed by atoms with Gasteiger partial charge in [0.1, 0.15) is 0 Å². The minimum Gasteiger partial charge on any atom is -0.314 e. The number of nitrogens with zero attached hydrogens (tertiary/aromatic N) is 2. The summed E-state index contributed by atoms with van der Waals surface area (Å²) in [6.07, 6.45) is 3.86. The van der Waals surface area contributed by atoms with Gasteiger partial charge in [0.15, 0.2) is 0 Å². The Kier molecular flexibility index (Phi) is 4.68. The summed E-state index contributed by atoms with van der Waals surface area (Å²) in [5.74, 6) is 0. The maximum absolute atomic E-state index is 4.24. The molecule has 1 fully saturated rings. The maximum atomic E-state index is 4.24. The molecular weight excluding hydrogens is 326 g/mol. The van der Waals surface area contributed by atoms with Crippen LogP contribution in [0.2, 0.25) is 0 Å². The van der Waals surface area contributed by atoms with Crippen molar-refractivity contribution in [3.63, 3.8) is 0 Å². The van der Waals surface area contributed by atoms with Gasteiger partial charge in [0.25, 0.3) is 0 Å². The highest BCUT2D eigenvalue weighted by atomic mass is 79.9. The molecule has 0 saturated carbocycles. The molecule has 0 radical (unpaired) electrons. The molecule has 1 aromatic heterocycles. The van der Waals surface area contributed by atoms with Crippen molar-refractivity contribution in [1.82, 2.24) is 15.2 Å². The zero-order chi connectivity index (χ0) is 14.7. The molecule has 0 amide bonds. The van der Waals surface area contributed by atoms with Gasteiger partial charge >= 0.3 is 0 Å². The Balaban J connectivity index is 2.01. The van der Waals surface area contributed by atoms with Gasteiger partial charge in [-0.1, -0.05) is 28.1 Å². The number of rotatable bonds is 3. The molecule has 1 aliphatic rings. The first kappa shape index (κ1) is 14.7. The van der Waals surface area contributed by atoms with Crippen molar-refractivity contribution in [1.29, 1.82) is 0 Å². The first-order valence-corrected chi connectivity index (χ1v) is 8.16. The van der Waals surface area contributed by atoms with Gasteiger partial charge in [0, 0.05) is 43.0 Å².